The predicted molar refractivity (Wildman–Crippen MR) is 81.7 cm³/mol. The molecule has 0 aliphatic heterocycles. The van der Waals surface area contributed by atoms with Crippen LogP contribution >= 0.6 is 0 Å². The van der Waals surface area contributed by atoms with Gasteiger partial charge in [0.2, 0.25) is 0 Å². The smallest absolute Gasteiger partial charge is 0.408 e. The number of carbonyl (C=O) groups excluding carboxylic acids is 1. The third-order valence-corrected chi connectivity index (χ3v) is 3.02. The Morgan fingerprint density at radius 1 is 1.10 bits per heavy atom. The van der Waals surface area contributed by atoms with Gasteiger partial charge in [0.1, 0.15) is 6.10 Å². The van der Waals surface area contributed by atoms with Gasteiger partial charge in [-0.05, 0) is 38.5 Å². The van der Waals surface area contributed by atoms with Gasteiger partial charge in [0.25, 0.3) is 0 Å². The maximum Gasteiger partial charge on any atom is 0.408 e. The van der Waals surface area contributed by atoms with Gasteiger partial charge in [-0.3, -0.25) is 0 Å². The van der Waals surface area contributed by atoms with Crippen LogP contribution in [-0.4, -0.2) is 11.6 Å². The molecule has 0 radical (unpaired) electrons. The van der Waals surface area contributed by atoms with E-state index in [9.17, 15) is 4.79 Å². The first-order valence-electron chi connectivity index (χ1n) is 6.83. The number of benzene rings is 2. The highest BCUT2D eigenvalue weighted by atomic mass is 16.6. The zero-order valence-electron chi connectivity index (χ0n) is 12.4. The third kappa shape index (κ3) is 3.50. The van der Waals surface area contributed by atoms with Gasteiger partial charge >= 0.3 is 6.09 Å². The standard InChI is InChI=1S/C17H21NO2/c1-12(20-16(19)18-17(2,3)4)14-11-7-9-13-8-5-6-10-15(13)14/h5-12H,1-4H3,(H,18,19). The van der Waals surface area contributed by atoms with Crippen molar-refractivity contribution in [3.8, 4) is 0 Å². The molecule has 0 saturated carbocycles. The minimum absolute atomic E-state index is 0.288. The van der Waals surface area contributed by atoms with E-state index in [0.717, 1.165) is 16.3 Å². The summed E-state index contributed by atoms with van der Waals surface area (Å²) in [6.45, 7) is 7.68. The number of ether oxygens (including phenoxy) is 1. The normalized spacial score (nSPS) is 13.0. The van der Waals surface area contributed by atoms with Crippen molar-refractivity contribution in [2.75, 3.05) is 0 Å². The first-order chi connectivity index (χ1) is 9.37. The quantitative estimate of drug-likeness (QED) is 0.877. The Morgan fingerprint density at radius 3 is 2.45 bits per heavy atom. The fourth-order valence-electron chi connectivity index (χ4n) is 2.16. The Labute approximate surface area is 119 Å². The van der Waals surface area contributed by atoms with E-state index in [0.29, 0.717) is 0 Å². The number of hydrogen-bond acceptors (Lipinski definition) is 2. The molecule has 0 bridgehead atoms. The molecule has 0 spiro atoms. The molecule has 2 rings (SSSR count). The topological polar surface area (TPSA) is 38.3 Å². The second-order valence-electron chi connectivity index (χ2n) is 5.99. The van der Waals surface area contributed by atoms with Gasteiger partial charge in [0.05, 0.1) is 0 Å². The minimum atomic E-state index is -0.391. The molecule has 0 aliphatic rings. The van der Waals surface area contributed by atoms with E-state index in [1.165, 1.54) is 0 Å². The lowest BCUT2D eigenvalue weighted by atomic mass is 10.0. The highest BCUT2D eigenvalue weighted by Crippen LogP contribution is 2.26. The van der Waals surface area contributed by atoms with E-state index < -0.39 is 6.09 Å². The van der Waals surface area contributed by atoms with E-state index in [-0.39, 0.29) is 11.6 Å². The molecule has 0 fully saturated rings. The molecule has 3 heteroatoms. The van der Waals surface area contributed by atoms with Crippen molar-refractivity contribution in [2.45, 2.75) is 39.3 Å². The Kier molecular flexibility index (Phi) is 3.98. The molecule has 0 heterocycles. The lowest BCUT2D eigenvalue weighted by molar-refractivity contribution is 0.101. The molecule has 106 valence electrons. The lowest BCUT2D eigenvalue weighted by Crippen LogP contribution is -2.41. The molecule has 3 nitrogen and oxygen atoms in total. The average molecular weight is 271 g/mol. The summed E-state index contributed by atoms with van der Waals surface area (Å²) in [7, 11) is 0. The largest absolute Gasteiger partial charge is 0.442 e. The molecule has 2 aromatic carbocycles. The average Bonchev–Trinajstić information content (AvgIpc) is 2.35. The van der Waals surface area contributed by atoms with Gasteiger partial charge in [0, 0.05) is 11.1 Å². The summed E-state index contributed by atoms with van der Waals surface area (Å²) in [4.78, 5) is 11.8. The van der Waals surface area contributed by atoms with Crippen LogP contribution in [0.3, 0.4) is 0 Å². The van der Waals surface area contributed by atoms with Crippen LogP contribution in [0.1, 0.15) is 39.4 Å². The number of carbonyl (C=O) groups is 1. The van der Waals surface area contributed by atoms with E-state index in [2.05, 4.69) is 17.4 Å². The highest BCUT2D eigenvalue weighted by molar-refractivity contribution is 5.86. The molecule has 1 unspecified atom stereocenters. The number of fused-ring (bicyclic) bond motifs is 1. The van der Waals surface area contributed by atoms with Crippen LogP contribution in [0.4, 0.5) is 4.79 Å². The van der Waals surface area contributed by atoms with E-state index in [1.807, 2.05) is 58.0 Å². The number of rotatable bonds is 2. The first-order valence-corrected chi connectivity index (χ1v) is 6.83. The fraction of sp³-hybridized carbons (Fsp3) is 0.353. The van der Waals surface area contributed by atoms with Gasteiger partial charge in [0.15, 0.2) is 0 Å². The van der Waals surface area contributed by atoms with Crippen molar-refractivity contribution in [2.24, 2.45) is 0 Å². The van der Waals surface area contributed by atoms with Gasteiger partial charge in [-0.25, -0.2) is 4.79 Å². The monoisotopic (exact) mass is 271 g/mol. The molecular weight excluding hydrogens is 250 g/mol. The Morgan fingerprint density at radius 2 is 1.75 bits per heavy atom. The van der Waals surface area contributed by atoms with Gasteiger partial charge in [-0.15, -0.1) is 0 Å². The molecule has 1 amide bonds. The van der Waals surface area contributed by atoms with Crippen LogP contribution < -0.4 is 5.32 Å². The zero-order chi connectivity index (χ0) is 14.8. The number of amides is 1. The van der Waals surface area contributed by atoms with E-state index in [4.69, 9.17) is 4.74 Å². The molecule has 0 aliphatic carbocycles. The predicted octanol–water partition coefficient (Wildman–Crippen LogP) is 4.43. The SMILES string of the molecule is CC(OC(=O)NC(C)(C)C)c1cccc2ccccc12. The van der Waals surface area contributed by atoms with Crippen molar-refractivity contribution >= 4 is 16.9 Å². The first kappa shape index (κ1) is 14.4. The maximum absolute atomic E-state index is 11.8. The molecule has 0 aromatic heterocycles. The van der Waals surface area contributed by atoms with Crippen molar-refractivity contribution < 1.29 is 9.53 Å². The Balaban J connectivity index is 2.20. The van der Waals surface area contributed by atoms with Gasteiger partial charge in [-0.2, -0.15) is 0 Å². The van der Waals surface area contributed by atoms with Crippen LogP contribution in [0.5, 0.6) is 0 Å². The zero-order valence-corrected chi connectivity index (χ0v) is 12.4. The van der Waals surface area contributed by atoms with E-state index in [1.54, 1.807) is 0 Å². The minimum Gasteiger partial charge on any atom is -0.442 e. The van der Waals surface area contributed by atoms with Crippen LogP contribution in [0, 0.1) is 0 Å². The number of hydrogen-bond donors (Lipinski definition) is 1. The molecule has 2 aromatic rings. The fourth-order valence-corrected chi connectivity index (χ4v) is 2.16. The van der Waals surface area contributed by atoms with Crippen LogP contribution in [-0.2, 0) is 4.74 Å². The molecule has 20 heavy (non-hydrogen) atoms. The Hall–Kier alpha value is -2.03. The summed E-state index contributed by atoms with van der Waals surface area (Å²) in [5, 5.41) is 5.07. The highest BCUT2D eigenvalue weighted by Gasteiger charge is 2.18. The van der Waals surface area contributed by atoms with Crippen molar-refractivity contribution in [1.82, 2.24) is 5.32 Å². The van der Waals surface area contributed by atoms with Crippen molar-refractivity contribution in [1.29, 1.82) is 0 Å². The molecule has 0 saturated heterocycles. The van der Waals surface area contributed by atoms with Crippen LogP contribution in [0.2, 0.25) is 0 Å². The van der Waals surface area contributed by atoms with Gasteiger partial charge in [-0.1, -0.05) is 42.5 Å². The summed E-state index contributed by atoms with van der Waals surface area (Å²) in [6, 6.07) is 14.1. The molecule has 1 atom stereocenters. The maximum atomic E-state index is 11.8. The summed E-state index contributed by atoms with van der Waals surface area (Å²) in [5.74, 6) is 0. The van der Waals surface area contributed by atoms with Crippen molar-refractivity contribution in [3.63, 3.8) is 0 Å². The van der Waals surface area contributed by atoms with Crippen LogP contribution in [0.15, 0.2) is 42.5 Å². The van der Waals surface area contributed by atoms with Crippen molar-refractivity contribution in [3.05, 3.63) is 48.0 Å². The van der Waals surface area contributed by atoms with Gasteiger partial charge < -0.3 is 10.1 Å². The Bertz CT molecular complexity index is 608. The molecular formula is C17H21NO2. The third-order valence-electron chi connectivity index (χ3n) is 3.02. The summed E-state index contributed by atoms with van der Waals surface area (Å²) in [6.07, 6.45) is -0.679. The number of alkyl carbamates (subject to hydrolysis) is 1. The second-order valence-corrected chi connectivity index (χ2v) is 5.99. The van der Waals surface area contributed by atoms with E-state index >= 15 is 0 Å². The lowest BCUT2D eigenvalue weighted by Gasteiger charge is -2.22. The summed E-state index contributed by atoms with van der Waals surface area (Å²) >= 11 is 0. The summed E-state index contributed by atoms with van der Waals surface area (Å²) < 4.78 is 5.47. The second kappa shape index (κ2) is 5.53. The number of nitrogens with one attached hydrogen (secondary N) is 1. The summed E-state index contributed by atoms with van der Waals surface area (Å²) in [5.41, 5.74) is 0.724. The van der Waals surface area contributed by atoms with Crippen LogP contribution in [0.25, 0.3) is 10.8 Å². The molecule has 1 N–H and O–H groups in total.